The normalized spacial score (nSPS) is 10.8. The summed E-state index contributed by atoms with van der Waals surface area (Å²) in [5, 5.41) is 16.4. The predicted octanol–water partition coefficient (Wildman–Crippen LogP) is 4.02. The minimum atomic E-state index is 0. The number of rotatable bonds is 9. The molecule has 0 aliphatic rings. The number of aliphatic imine (C=N–C) groups is 1. The van der Waals surface area contributed by atoms with Gasteiger partial charge in [-0.05, 0) is 62.1 Å². The fourth-order valence-electron chi connectivity index (χ4n) is 2.79. The standard InChI is InChI=1S/C22H31N3O3.HI/c1-5-23-22(24-12-11-17-8-7-16(3)20(13-17)27-4)25-15-18-9-10-19(26)21(14-18)28-6-2;/h7-10,13-14,26H,5-6,11-12,15H2,1-4H3,(H2,23,24,25);1H. The van der Waals surface area contributed by atoms with E-state index in [9.17, 15) is 5.11 Å². The number of methoxy groups -OCH3 is 1. The number of phenols is 1. The molecule has 0 spiro atoms. The Kier molecular flexibility index (Phi) is 11.3. The first-order valence-corrected chi connectivity index (χ1v) is 9.67. The lowest BCUT2D eigenvalue weighted by molar-refractivity contribution is 0.318. The third-order valence-corrected chi connectivity index (χ3v) is 4.27. The fourth-order valence-corrected chi connectivity index (χ4v) is 2.79. The molecule has 0 unspecified atom stereocenters. The molecule has 0 atom stereocenters. The summed E-state index contributed by atoms with van der Waals surface area (Å²) < 4.78 is 10.8. The van der Waals surface area contributed by atoms with E-state index < -0.39 is 0 Å². The van der Waals surface area contributed by atoms with Crippen molar-refractivity contribution in [3.63, 3.8) is 0 Å². The molecule has 0 amide bonds. The molecule has 29 heavy (non-hydrogen) atoms. The molecule has 2 aromatic carbocycles. The van der Waals surface area contributed by atoms with Gasteiger partial charge < -0.3 is 25.2 Å². The van der Waals surface area contributed by atoms with Crippen molar-refractivity contribution in [3.05, 3.63) is 53.1 Å². The molecule has 7 heteroatoms. The molecular weight excluding hydrogens is 481 g/mol. The van der Waals surface area contributed by atoms with Crippen LogP contribution in [0.3, 0.4) is 0 Å². The minimum absolute atomic E-state index is 0. The number of benzene rings is 2. The Balaban J connectivity index is 0.00000420. The monoisotopic (exact) mass is 513 g/mol. The van der Waals surface area contributed by atoms with E-state index in [0.29, 0.717) is 18.9 Å². The third-order valence-electron chi connectivity index (χ3n) is 4.27. The summed E-state index contributed by atoms with van der Waals surface area (Å²) in [5.74, 6) is 2.30. The number of guanidine groups is 1. The van der Waals surface area contributed by atoms with Crippen LogP contribution >= 0.6 is 24.0 Å². The Hall–Kier alpha value is -2.16. The van der Waals surface area contributed by atoms with E-state index >= 15 is 0 Å². The number of ether oxygens (including phenoxy) is 2. The summed E-state index contributed by atoms with van der Waals surface area (Å²) in [4.78, 5) is 4.63. The molecule has 0 fully saturated rings. The first-order chi connectivity index (χ1) is 13.6. The highest BCUT2D eigenvalue weighted by molar-refractivity contribution is 14.0. The van der Waals surface area contributed by atoms with Gasteiger partial charge in [0.2, 0.25) is 0 Å². The minimum Gasteiger partial charge on any atom is -0.504 e. The van der Waals surface area contributed by atoms with E-state index in [0.717, 1.165) is 42.3 Å². The zero-order chi connectivity index (χ0) is 20.4. The van der Waals surface area contributed by atoms with Gasteiger partial charge in [0.05, 0.1) is 20.3 Å². The SMILES string of the molecule is CCNC(=NCc1ccc(O)c(OCC)c1)NCCc1ccc(C)c(OC)c1.I. The first kappa shape index (κ1) is 24.9. The molecule has 160 valence electrons. The second-order valence-corrected chi connectivity index (χ2v) is 6.41. The molecule has 3 N–H and O–H groups in total. The molecule has 0 saturated carbocycles. The van der Waals surface area contributed by atoms with Crippen LogP contribution in [0, 0.1) is 6.92 Å². The van der Waals surface area contributed by atoms with Crippen molar-refractivity contribution in [1.29, 1.82) is 0 Å². The Morgan fingerprint density at radius 2 is 1.76 bits per heavy atom. The number of hydrogen-bond acceptors (Lipinski definition) is 4. The lowest BCUT2D eigenvalue weighted by Gasteiger charge is -2.13. The van der Waals surface area contributed by atoms with Crippen molar-refractivity contribution in [2.45, 2.75) is 33.7 Å². The van der Waals surface area contributed by atoms with Crippen LogP contribution in [0.15, 0.2) is 41.4 Å². The molecule has 0 saturated heterocycles. The molecule has 0 heterocycles. The predicted molar refractivity (Wildman–Crippen MR) is 129 cm³/mol. The smallest absolute Gasteiger partial charge is 0.191 e. The Bertz CT molecular complexity index is 797. The van der Waals surface area contributed by atoms with Crippen molar-refractivity contribution in [2.75, 3.05) is 26.8 Å². The van der Waals surface area contributed by atoms with Gasteiger partial charge in [-0.2, -0.15) is 0 Å². The maximum absolute atomic E-state index is 9.81. The van der Waals surface area contributed by atoms with E-state index in [2.05, 4.69) is 33.8 Å². The molecule has 6 nitrogen and oxygen atoms in total. The zero-order valence-corrected chi connectivity index (χ0v) is 19.9. The lowest BCUT2D eigenvalue weighted by atomic mass is 10.1. The number of halogens is 1. The van der Waals surface area contributed by atoms with E-state index in [4.69, 9.17) is 9.47 Å². The molecule has 0 aliphatic heterocycles. The second kappa shape index (κ2) is 13.1. The average molecular weight is 513 g/mol. The fraction of sp³-hybridized carbons (Fsp3) is 0.409. The Morgan fingerprint density at radius 1 is 1.03 bits per heavy atom. The van der Waals surface area contributed by atoms with Gasteiger partial charge in [0, 0.05) is 13.1 Å². The summed E-state index contributed by atoms with van der Waals surface area (Å²) in [6, 6.07) is 11.6. The van der Waals surface area contributed by atoms with E-state index in [1.807, 2.05) is 32.9 Å². The topological polar surface area (TPSA) is 75.1 Å². The average Bonchev–Trinajstić information content (AvgIpc) is 2.69. The summed E-state index contributed by atoms with van der Waals surface area (Å²) in [6.07, 6.45) is 0.870. The van der Waals surface area contributed by atoms with Crippen molar-refractivity contribution in [2.24, 2.45) is 4.99 Å². The van der Waals surface area contributed by atoms with Crippen LogP contribution in [0.5, 0.6) is 17.2 Å². The third kappa shape index (κ3) is 8.00. The van der Waals surface area contributed by atoms with Crippen LogP contribution in [0.1, 0.15) is 30.5 Å². The van der Waals surface area contributed by atoms with Crippen molar-refractivity contribution >= 4 is 29.9 Å². The molecule has 0 bridgehead atoms. The zero-order valence-electron chi connectivity index (χ0n) is 17.6. The van der Waals surface area contributed by atoms with Gasteiger partial charge in [0.25, 0.3) is 0 Å². The molecule has 2 aromatic rings. The first-order valence-electron chi connectivity index (χ1n) is 9.67. The molecule has 0 aromatic heterocycles. The van der Waals surface area contributed by atoms with Gasteiger partial charge in [-0.15, -0.1) is 24.0 Å². The van der Waals surface area contributed by atoms with Crippen molar-refractivity contribution in [3.8, 4) is 17.2 Å². The molecule has 0 radical (unpaired) electrons. The maximum Gasteiger partial charge on any atom is 0.191 e. The van der Waals surface area contributed by atoms with E-state index in [1.54, 1.807) is 13.2 Å². The highest BCUT2D eigenvalue weighted by Gasteiger charge is 2.05. The number of aryl methyl sites for hydroxylation is 1. The Labute approximate surface area is 190 Å². The highest BCUT2D eigenvalue weighted by Crippen LogP contribution is 2.27. The number of nitrogens with one attached hydrogen (secondary N) is 2. The van der Waals surface area contributed by atoms with Gasteiger partial charge >= 0.3 is 0 Å². The number of aromatic hydroxyl groups is 1. The van der Waals surface area contributed by atoms with Gasteiger partial charge in [0.1, 0.15) is 5.75 Å². The van der Waals surface area contributed by atoms with Gasteiger partial charge in [-0.1, -0.05) is 18.2 Å². The van der Waals surface area contributed by atoms with Gasteiger partial charge in [0.15, 0.2) is 17.5 Å². The highest BCUT2D eigenvalue weighted by atomic mass is 127. The summed E-state index contributed by atoms with van der Waals surface area (Å²) in [5.41, 5.74) is 3.32. The quantitative estimate of drug-likeness (QED) is 0.268. The maximum atomic E-state index is 9.81. The van der Waals surface area contributed by atoms with Crippen LogP contribution in [-0.2, 0) is 13.0 Å². The van der Waals surface area contributed by atoms with Crippen molar-refractivity contribution in [1.82, 2.24) is 10.6 Å². The second-order valence-electron chi connectivity index (χ2n) is 6.41. The van der Waals surface area contributed by atoms with Gasteiger partial charge in [-0.25, -0.2) is 4.99 Å². The van der Waals surface area contributed by atoms with Crippen LogP contribution in [0.2, 0.25) is 0 Å². The number of nitrogens with zero attached hydrogens (tertiary/aromatic N) is 1. The summed E-state index contributed by atoms with van der Waals surface area (Å²) >= 11 is 0. The molecule has 2 rings (SSSR count). The Morgan fingerprint density at radius 3 is 2.45 bits per heavy atom. The van der Waals surface area contributed by atoms with Crippen LogP contribution in [-0.4, -0.2) is 37.9 Å². The van der Waals surface area contributed by atoms with Crippen LogP contribution in [0.4, 0.5) is 0 Å². The van der Waals surface area contributed by atoms with Crippen molar-refractivity contribution < 1.29 is 14.6 Å². The number of hydrogen-bond donors (Lipinski definition) is 3. The largest absolute Gasteiger partial charge is 0.504 e. The van der Waals surface area contributed by atoms with Gasteiger partial charge in [-0.3, -0.25) is 0 Å². The van der Waals surface area contributed by atoms with E-state index in [-0.39, 0.29) is 29.7 Å². The lowest BCUT2D eigenvalue weighted by Crippen LogP contribution is -2.38. The van der Waals surface area contributed by atoms with E-state index in [1.165, 1.54) is 5.56 Å². The number of phenolic OH excluding ortho intramolecular Hbond substituents is 1. The van der Waals surface area contributed by atoms with Crippen LogP contribution < -0.4 is 20.1 Å². The molecular formula is C22H32IN3O3. The van der Waals surface area contributed by atoms with Crippen LogP contribution in [0.25, 0.3) is 0 Å². The molecule has 0 aliphatic carbocycles. The summed E-state index contributed by atoms with van der Waals surface area (Å²) in [7, 11) is 1.70. The summed E-state index contributed by atoms with van der Waals surface area (Å²) in [6.45, 7) is 8.51.